The SMILES string of the molecule is CCNC(=NCc1cc(C(C)C)no1)NCCOc1ccc(C(F)(F)F)cc1.I. The number of nitrogens with one attached hydrogen (secondary N) is 2. The lowest BCUT2D eigenvalue weighted by molar-refractivity contribution is -0.137. The highest BCUT2D eigenvalue weighted by Gasteiger charge is 2.29. The number of hydrogen-bond acceptors (Lipinski definition) is 4. The first-order valence-corrected chi connectivity index (χ1v) is 9.07. The molecule has 6 nitrogen and oxygen atoms in total. The fourth-order valence-corrected chi connectivity index (χ4v) is 2.25. The number of aromatic nitrogens is 1. The van der Waals surface area contributed by atoms with Crippen LogP contribution in [0.3, 0.4) is 0 Å². The number of nitrogens with zero attached hydrogens (tertiary/aromatic N) is 2. The third-order valence-corrected chi connectivity index (χ3v) is 3.75. The van der Waals surface area contributed by atoms with Crippen molar-refractivity contribution in [2.24, 2.45) is 4.99 Å². The van der Waals surface area contributed by atoms with Gasteiger partial charge in [0, 0.05) is 12.6 Å². The van der Waals surface area contributed by atoms with Crippen molar-refractivity contribution >= 4 is 29.9 Å². The smallest absolute Gasteiger partial charge is 0.416 e. The van der Waals surface area contributed by atoms with Gasteiger partial charge in [0.15, 0.2) is 11.7 Å². The Morgan fingerprint density at radius 3 is 2.45 bits per heavy atom. The summed E-state index contributed by atoms with van der Waals surface area (Å²) in [5.41, 5.74) is 0.181. The maximum atomic E-state index is 12.5. The molecule has 1 heterocycles. The fourth-order valence-electron chi connectivity index (χ4n) is 2.25. The molecule has 0 spiro atoms. The van der Waals surface area contributed by atoms with Crippen LogP contribution >= 0.6 is 24.0 Å². The first-order valence-electron chi connectivity index (χ1n) is 9.07. The maximum absolute atomic E-state index is 12.5. The number of benzene rings is 1. The van der Waals surface area contributed by atoms with Gasteiger partial charge in [-0.1, -0.05) is 19.0 Å². The van der Waals surface area contributed by atoms with Crippen molar-refractivity contribution in [2.45, 2.75) is 39.4 Å². The summed E-state index contributed by atoms with van der Waals surface area (Å²) in [6.45, 7) is 7.74. The largest absolute Gasteiger partial charge is 0.492 e. The van der Waals surface area contributed by atoms with Gasteiger partial charge in [-0.15, -0.1) is 24.0 Å². The second kappa shape index (κ2) is 11.9. The minimum Gasteiger partial charge on any atom is -0.492 e. The predicted molar refractivity (Wildman–Crippen MR) is 116 cm³/mol. The Morgan fingerprint density at radius 1 is 1.21 bits per heavy atom. The lowest BCUT2D eigenvalue weighted by atomic mass is 10.1. The van der Waals surface area contributed by atoms with Crippen LogP contribution in [0.15, 0.2) is 39.8 Å². The Labute approximate surface area is 185 Å². The van der Waals surface area contributed by atoms with E-state index in [0.29, 0.717) is 37.1 Å². The lowest BCUT2D eigenvalue weighted by Crippen LogP contribution is -2.39. The van der Waals surface area contributed by atoms with Gasteiger partial charge >= 0.3 is 6.18 Å². The Balaban J connectivity index is 0.00000420. The predicted octanol–water partition coefficient (Wildman–Crippen LogP) is 4.57. The highest BCUT2D eigenvalue weighted by atomic mass is 127. The molecule has 0 saturated heterocycles. The quantitative estimate of drug-likeness (QED) is 0.228. The monoisotopic (exact) mass is 526 g/mol. The van der Waals surface area contributed by atoms with Crippen molar-refractivity contribution < 1.29 is 22.4 Å². The van der Waals surface area contributed by atoms with E-state index < -0.39 is 11.7 Å². The van der Waals surface area contributed by atoms with Crippen LogP contribution in [0, 0.1) is 0 Å². The van der Waals surface area contributed by atoms with E-state index >= 15 is 0 Å². The van der Waals surface area contributed by atoms with Crippen molar-refractivity contribution in [3.63, 3.8) is 0 Å². The van der Waals surface area contributed by atoms with Gasteiger partial charge in [-0.3, -0.25) is 0 Å². The molecule has 1 aromatic carbocycles. The fraction of sp³-hybridized carbons (Fsp3) is 0.474. The zero-order chi connectivity index (χ0) is 20.6. The maximum Gasteiger partial charge on any atom is 0.416 e. The molecule has 0 aliphatic rings. The topological polar surface area (TPSA) is 71.7 Å². The van der Waals surface area contributed by atoms with Crippen LogP contribution in [0.1, 0.15) is 43.7 Å². The molecule has 0 bridgehead atoms. The number of alkyl halides is 3. The van der Waals surface area contributed by atoms with E-state index in [9.17, 15) is 13.2 Å². The van der Waals surface area contributed by atoms with Crippen LogP contribution in [0.2, 0.25) is 0 Å². The molecule has 0 atom stereocenters. The minimum absolute atomic E-state index is 0. The van der Waals surface area contributed by atoms with Gasteiger partial charge in [0.2, 0.25) is 0 Å². The average Bonchev–Trinajstić information content (AvgIpc) is 3.12. The summed E-state index contributed by atoms with van der Waals surface area (Å²) < 4.78 is 48.3. The van der Waals surface area contributed by atoms with E-state index in [1.54, 1.807) is 0 Å². The van der Waals surface area contributed by atoms with Crippen molar-refractivity contribution in [3.8, 4) is 5.75 Å². The van der Waals surface area contributed by atoms with E-state index in [0.717, 1.165) is 17.8 Å². The van der Waals surface area contributed by atoms with Crippen molar-refractivity contribution in [3.05, 3.63) is 47.3 Å². The van der Waals surface area contributed by atoms with Crippen molar-refractivity contribution in [1.82, 2.24) is 15.8 Å². The highest BCUT2D eigenvalue weighted by Crippen LogP contribution is 2.30. The number of halogens is 4. The van der Waals surface area contributed by atoms with E-state index in [-0.39, 0.29) is 36.5 Å². The first-order chi connectivity index (χ1) is 13.3. The summed E-state index contributed by atoms with van der Waals surface area (Å²) in [6.07, 6.45) is -4.35. The summed E-state index contributed by atoms with van der Waals surface area (Å²) in [5, 5.41) is 10.2. The van der Waals surface area contributed by atoms with Crippen LogP contribution in [0.5, 0.6) is 5.75 Å². The molecule has 0 fully saturated rings. The molecule has 10 heteroatoms. The summed E-state index contributed by atoms with van der Waals surface area (Å²) >= 11 is 0. The number of aliphatic imine (C=N–C) groups is 1. The van der Waals surface area contributed by atoms with Crippen LogP contribution in [-0.2, 0) is 12.7 Å². The standard InChI is InChI=1S/C19H25F3N4O2.HI/c1-4-23-18(25-12-16-11-17(13(2)3)26-28-16)24-9-10-27-15-7-5-14(6-8-15)19(20,21)22;/h5-8,11,13H,4,9-10,12H2,1-3H3,(H2,23,24,25);1H. The molecule has 162 valence electrons. The third-order valence-electron chi connectivity index (χ3n) is 3.75. The molecular weight excluding hydrogens is 500 g/mol. The average molecular weight is 526 g/mol. The van der Waals surface area contributed by atoms with Gasteiger partial charge in [-0.2, -0.15) is 13.2 Å². The van der Waals surface area contributed by atoms with Crippen LogP contribution in [0.4, 0.5) is 13.2 Å². The van der Waals surface area contributed by atoms with E-state index in [2.05, 4.69) is 20.8 Å². The number of guanidine groups is 1. The van der Waals surface area contributed by atoms with Gasteiger partial charge in [-0.25, -0.2) is 4.99 Å². The summed E-state index contributed by atoms with van der Waals surface area (Å²) in [6, 6.07) is 6.48. The molecule has 0 radical (unpaired) electrons. The summed E-state index contributed by atoms with van der Waals surface area (Å²) in [7, 11) is 0. The van der Waals surface area contributed by atoms with Gasteiger partial charge < -0.3 is 19.9 Å². The minimum atomic E-state index is -4.35. The second-order valence-corrected chi connectivity index (χ2v) is 6.37. The molecule has 0 amide bonds. The van der Waals surface area contributed by atoms with Gasteiger partial charge in [0.25, 0.3) is 0 Å². The molecule has 1 aromatic heterocycles. The number of ether oxygens (including phenoxy) is 1. The summed E-state index contributed by atoms with van der Waals surface area (Å²) in [4.78, 5) is 4.42. The zero-order valence-corrected chi connectivity index (χ0v) is 18.9. The number of rotatable bonds is 8. The highest BCUT2D eigenvalue weighted by molar-refractivity contribution is 14.0. The second-order valence-electron chi connectivity index (χ2n) is 6.37. The van der Waals surface area contributed by atoms with Gasteiger partial charge in [0.1, 0.15) is 18.9 Å². The Bertz CT molecular complexity index is 762. The van der Waals surface area contributed by atoms with Gasteiger partial charge in [-0.05, 0) is 37.1 Å². The molecule has 2 aromatic rings. The third kappa shape index (κ3) is 8.50. The van der Waals surface area contributed by atoms with Crippen molar-refractivity contribution in [2.75, 3.05) is 19.7 Å². The van der Waals surface area contributed by atoms with Crippen LogP contribution < -0.4 is 15.4 Å². The molecule has 29 heavy (non-hydrogen) atoms. The van der Waals surface area contributed by atoms with Crippen molar-refractivity contribution in [1.29, 1.82) is 0 Å². The van der Waals surface area contributed by atoms with E-state index in [1.807, 2.05) is 26.8 Å². The molecule has 2 rings (SSSR count). The van der Waals surface area contributed by atoms with E-state index in [1.165, 1.54) is 12.1 Å². The molecule has 0 aliphatic heterocycles. The molecule has 2 N–H and O–H groups in total. The Kier molecular flexibility index (Phi) is 10.3. The first kappa shape index (κ1) is 25.1. The normalized spacial score (nSPS) is 11.9. The van der Waals surface area contributed by atoms with E-state index in [4.69, 9.17) is 9.26 Å². The molecule has 0 unspecified atom stereocenters. The van der Waals surface area contributed by atoms with Gasteiger partial charge in [0.05, 0.1) is 17.8 Å². The molecule has 0 saturated carbocycles. The molecular formula is C19H26F3IN4O2. The lowest BCUT2D eigenvalue weighted by Gasteiger charge is -2.12. The van der Waals surface area contributed by atoms with Crippen LogP contribution in [-0.4, -0.2) is 30.8 Å². The zero-order valence-electron chi connectivity index (χ0n) is 16.5. The Morgan fingerprint density at radius 2 is 1.90 bits per heavy atom. The summed E-state index contributed by atoms with van der Waals surface area (Å²) in [5.74, 6) is 1.91. The Hall–Kier alpha value is -1.98. The number of hydrogen-bond donors (Lipinski definition) is 2. The van der Waals surface area contributed by atoms with Crippen LogP contribution in [0.25, 0.3) is 0 Å². The molecule has 0 aliphatic carbocycles.